The molecule has 2 rings (SSSR count). The van der Waals surface area contributed by atoms with Gasteiger partial charge in [-0.1, -0.05) is 11.6 Å². The highest BCUT2D eigenvalue weighted by Gasteiger charge is 2.33. The lowest BCUT2D eigenvalue weighted by molar-refractivity contribution is -0.137. The number of nitrogens with zero attached hydrogens (tertiary/aromatic N) is 3. The van der Waals surface area contributed by atoms with Gasteiger partial charge in [-0.15, -0.1) is 0 Å². The summed E-state index contributed by atoms with van der Waals surface area (Å²) < 4.78 is 42.3. The van der Waals surface area contributed by atoms with Crippen LogP contribution in [-0.4, -0.2) is 33.4 Å². The molecule has 2 N–H and O–H groups in total. The van der Waals surface area contributed by atoms with Crippen molar-refractivity contribution in [2.75, 3.05) is 11.8 Å². The normalized spacial score (nSPS) is 13.5. The fourth-order valence-corrected chi connectivity index (χ4v) is 4.12. The lowest BCUT2D eigenvalue weighted by Gasteiger charge is -2.33. The van der Waals surface area contributed by atoms with Gasteiger partial charge in [-0.3, -0.25) is 9.98 Å². The number of anilines is 1. The number of pyridine rings is 1. The SMILES string of the molecule is CN=C(Cl)N(C(C)C)C(C)c1ncc(O)cc1NSc1ccc(Cl)c(C(F)(F)F)c1. The number of hydrogen-bond acceptors (Lipinski definition) is 5. The Morgan fingerprint density at radius 1 is 1.27 bits per heavy atom. The van der Waals surface area contributed by atoms with E-state index in [1.165, 1.54) is 24.4 Å². The van der Waals surface area contributed by atoms with Crippen LogP contribution in [0.25, 0.3) is 0 Å². The Bertz CT molecular complexity index is 925. The summed E-state index contributed by atoms with van der Waals surface area (Å²) in [6, 6.07) is 4.73. The zero-order valence-electron chi connectivity index (χ0n) is 16.6. The van der Waals surface area contributed by atoms with Crippen LogP contribution in [0.15, 0.2) is 40.4 Å². The van der Waals surface area contributed by atoms with Crippen molar-refractivity contribution in [2.45, 2.75) is 43.9 Å². The number of rotatable bonds is 6. The maximum Gasteiger partial charge on any atom is 0.417 e. The van der Waals surface area contributed by atoms with Crippen molar-refractivity contribution in [1.29, 1.82) is 0 Å². The molecular formula is C19H21Cl2F3N4OS. The topological polar surface area (TPSA) is 60.8 Å². The van der Waals surface area contributed by atoms with Gasteiger partial charge >= 0.3 is 6.18 Å². The summed E-state index contributed by atoms with van der Waals surface area (Å²) in [6.45, 7) is 5.75. The van der Waals surface area contributed by atoms with Crippen LogP contribution in [0.1, 0.15) is 38.1 Å². The smallest absolute Gasteiger partial charge is 0.417 e. The molecule has 0 radical (unpaired) electrons. The Morgan fingerprint density at radius 2 is 1.93 bits per heavy atom. The molecule has 0 aliphatic heterocycles. The molecule has 0 bridgehead atoms. The summed E-state index contributed by atoms with van der Waals surface area (Å²) in [5.41, 5.74) is 0.0542. The molecule has 0 saturated heterocycles. The zero-order valence-corrected chi connectivity index (χ0v) is 19.0. The van der Waals surface area contributed by atoms with E-state index in [0.717, 1.165) is 18.0 Å². The first-order chi connectivity index (χ1) is 14.0. The average molecular weight is 481 g/mol. The number of halogens is 5. The maximum atomic E-state index is 13.1. The highest BCUT2D eigenvalue weighted by Crippen LogP contribution is 2.38. The van der Waals surface area contributed by atoms with Gasteiger partial charge in [-0.05, 0) is 62.5 Å². The summed E-state index contributed by atoms with van der Waals surface area (Å²) >= 11 is 12.9. The predicted octanol–water partition coefficient (Wildman–Crippen LogP) is 6.57. The highest BCUT2D eigenvalue weighted by molar-refractivity contribution is 8.00. The lowest BCUT2D eigenvalue weighted by Crippen LogP contribution is -2.37. The Labute approximate surface area is 187 Å². The van der Waals surface area contributed by atoms with Crippen LogP contribution in [0.5, 0.6) is 5.75 Å². The van der Waals surface area contributed by atoms with Crippen molar-refractivity contribution >= 4 is 46.1 Å². The molecule has 0 aliphatic rings. The van der Waals surface area contributed by atoms with Crippen molar-refractivity contribution in [2.24, 2.45) is 4.99 Å². The molecule has 1 aromatic heterocycles. The maximum absolute atomic E-state index is 13.1. The summed E-state index contributed by atoms with van der Waals surface area (Å²) in [5, 5.41) is 9.78. The molecule has 164 valence electrons. The van der Waals surface area contributed by atoms with Crippen LogP contribution < -0.4 is 4.72 Å². The first-order valence-electron chi connectivity index (χ1n) is 8.84. The molecule has 2 aromatic rings. The second-order valence-electron chi connectivity index (χ2n) is 6.64. The van der Waals surface area contributed by atoms with Crippen molar-refractivity contribution in [3.05, 3.63) is 46.7 Å². The zero-order chi connectivity index (χ0) is 22.6. The third-order valence-electron chi connectivity index (χ3n) is 4.19. The summed E-state index contributed by atoms with van der Waals surface area (Å²) in [4.78, 5) is 10.5. The summed E-state index contributed by atoms with van der Waals surface area (Å²) in [6.07, 6.45) is -3.27. The molecule has 0 fully saturated rings. The van der Waals surface area contributed by atoms with Gasteiger partial charge in [0.1, 0.15) is 5.75 Å². The molecule has 5 nitrogen and oxygen atoms in total. The monoisotopic (exact) mass is 480 g/mol. The van der Waals surface area contributed by atoms with Gasteiger partial charge in [0.15, 0.2) is 5.29 Å². The quantitative estimate of drug-likeness (QED) is 0.211. The number of benzene rings is 1. The van der Waals surface area contributed by atoms with E-state index in [1.54, 1.807) is 7.05 Å². The molecule has 1 aromatic carbocycles. The molecule has 30 heavy (non-hydrogen) atoms. The van der Waals surface area contributed by atoms with Crippen LogP contribution >= 0.6 is 35.1 Å². The molecule has 1 unspecified atom stereocenters. The number of aromatic nitrogens is 1. The summed E-state index contributed by atoms with van der Waals surface area (Å²) in [7, 11) is 1.57. The standard InChI is InChI=1S/C19H21Cl2F3N4OS/c1-10(2)28(18(21)25-4)11(3)17-16(7-12(29)9-26-17)27-30-13-5-6-15(20)14(8-13)19(22,23)24/h5-11,27,29H,1-4H3. The van der Waals surface area contributed by atoms with E-state index in [1.807, 2.05) is 25.7 Å². The fourth-order valence-electron chi connectivity index (χ4n) is 2.85. The molecule has 11 heteroatoms. The number of amidine groups is 1. The van der Waals surface area contributed by atoms with Crippen LogP contribution in [0, 0.1) is 0 Å². The summed E-state index contributed by atoms with van der Waals surface area (Å²) in [5.74, 6) is -0.0903. The van der Waals surface area contributed by atoms with Gasteiger partial charge < -0.3 is 14.7 Å². The molecule has 1 atom stereocenters. The van der Waals surface area contributed by atoms with Gasteiger partial charge in [-0.25, -0.2) is 0 Å². The van der Waals surface area contributed by atoms with Crippen molar-refractivity contribution in [3.8, 4) is 5.75 Å². The van der Waals surface area contributed by atoms with E-state index in [4.69, 9.17) is 23.2 Å². The Morgan fingerprint density at radius 3 is 2.50 bits per heavy atom. The predicted molar refractivity (Wildman–Crippen MR) is 116 cm³/mol. The van der Waals surface area contributed by atoms with Crippen LogP contribution in [0.3, 0.4) is 0 Å². The number of hydrogen-bond donors (Lipinski definition) is 2. The third kappa shape index (κ3) is 5.86. The van der Waals surface area contributed by atoms with Gasteiger partial charge in [0.2, 0.25) is 0 Å². The van der Waals surface area contributed by atoms with Crippen LogP contribution in [0.2, 0.25) is 5.02 Å². The molecule has 0 spiro atoms. The lowest BCUT2D eigenvalue weighted by atomic mass is 10.1. The van der Waals surface area contributed by atoms with Gasteiger partial charge in [0, 0.05) is 24.1 Å². The minimum absolute atomic E-state index is 0.00193. The Kier molecular flexibility index (Phi) is 8.13. The molecule has 0 saturated carbocycles. The first kappa shape index (κ1) is 24.4. The number of aliphatic imine (C=N–C) groups is 1. The van der Waals surface area contributed by atoms with E-state index < -0.39 is 11.7 Å². The van der Waals surface area contributed by atoms with Crippen LogP contribution in [-0.2, 0) is 6.18 Å². The number of aromatic hydroxyl groups is 1. The number of alkyl halides is 3. The molecular weight excluding hydrogens is 460 g/mol. The van der Waals surface area contributed by atoms with Gasteiger partial charge in [0.05, 0.1) is 34.2 Å². The van der Waals surface area contributed by atoms with Crippen molar-refractivity contribution in [3.63, 3.8) is 0 Å². The Hall–Kier alpha value is -1.84. The molecule has 0 amide bonds. The van der Waals surface area contributed by atoms with E-state index in [9.17, 15) is 18.3 Å². The first-order valence-corrected chi connectivity index (χ1v) is 10.4. The second kappa shape index (κ2) is 9.98. The molecule has 1 heterocycles. The van der Waals surface area contributed by atoms with Gasteiger partial charge in [0.25, 0.3) is 0 Å². The highest BCUT2D eigenvalue weighted by atomic mass is 35.5. The van der Waals surface area contributed by atoms with Crippen molar-refractivity contribution in [1.82, 2.24) is 9.88 Å². The minimum atomic E-state index is -4.56. The Balaban J connectivity index is 2.35. The third-order valence-corrected chi connectivity index (χ3v) is 5.70. The van der Waals surface area contributed by atoms with E-state index in [-0.39, 0.29) is 22.9 Å². The molecule has 0 aliphatic carbocycles. The minimum Gasteiger partial charge on any atom is -0.506 e. The largest absolute Gasteiger partial charge is 0.506 e. The van der Waals surface area contributed by atoms with E-state index in [0.29, 0.717) is 21.6 Å². The van der Waals surface area contributed by atoms with Gasteiger partial charge in [-0.2, -0.15) is 13.2 Å². The van der Waals surface area contributed by atoms with Crippen LogP contribution in [0.4, 0.5) is 18.9 Å². The average Bonchev–Trinajstić information content (AvgIpc) is 2.66. The fraction of sp³-hybridized carbons (Fsp3) is 0.368. The van der Waals surface area contributed by atoms with E-state index in [2.05, 4.69) is 14.7 Å². The van der Waals surface area contributed by atoms with Crippen molar-refractivity contribution < 1.29 is 18.3 Å². The van der Waals surface area contributed by atoms with E-state index >= 15 is 0 Å². The number of nitrogens with one attached hydrogen (secondary N) is 1. The second-order valence-corrected chi connectivity index (χ2v) is 8.26.